The first-order valence-corrected chi connectivity index (χ1v) is 5.80. The van der Waals surface area contributed by atoms with Crippen molar-refractivity contribution in [3.63, 3.8) is 0 Å². The number of hydrogen-bond donors (Lipinski definition) is 0. The number of thioether (sulfide) groups is 2. The van der Waals surface area contributed by atoms with Crippen LogP contribution < -0.4 is 0 Å². The molecule has 0 aromatic carbocycles. The van der Waals surface area contributed by atoms with E-state index in [1.54, 1.807) is 0 Å². The molecule has 0 aromatic heterocycles. The Morgan fingerprint density at radius 3 is 1.00 bits per heavy atom. The van der Waals surface area contributed by atoms with E-state index in [4.69, 9.17) is 0 Å². The van der Waals surface area contributed by atoms with Gasteiger partial charge in [0.25, 0.3) is 0 Å². The molecule has 0 radical (unpaired) electrons. The lowest BCUT2D eigenvalue weighted by Crippen LogP contribution is -2.29. The predicted molar refractivity (Wildman–Crippen MR) is 53.0 cm³/mol. The highest BCUT2D eigenvalue weighted by Crippen LogP contribution is 2.39. The van der Waals surface area contributed by atoms with Crippen LogP contribution in [0.5, 0.6) is 0 Å². The Morgan fingerprint density at radius 1 is 0.600 bits per heavy atom. The van der Waals surface area contributed by atoms with Crippen molar-refractivity contribution in [2.24, 2.45) is 0 Å². The van der Waals surface area contributed by atoms with Crippen molar-refractivity contribution in [1.29, 1.82) is 0 Å². The molecule has 1 fully saturated rings. The van der Waals surface area contributed by atoms with E-state index in [1.165, 1.54) is 0 Å². The fourth-order valence-electron chi connectivity index (χ4n) is 1.12. The van der Waals surface area contributed by atoms with Crippen molar-refractivity contribution in [1.82, 2.24) is 0 Å². The van der Waals surface area contributed by atoms with Gasteiger partial charge in [0.15, 0.2) is 0 Å². The Morgan fingerprint density at radius 2 is 0.800 bits per heavy atom. The second kappa shape index (κ2) is 3.40. The molecule has 2 heteroatoms. The lowest BCUT2D eigenvalue weighted by molar-refractivity contribution is 0.836. The van der Waals surface area contributed by atoms with Gasteiger partial charge in [0.05, 0.1) is 0 Å². The molecule has 10 heavy (non-hydrogen) atoms. The van der Waals surface area contributed by atoms with E-state index >= 15 is 0 Å². The highest BCUT2D eigenvalue weighted by Gasteiger charge is 2.28. The molecule has 1 heterocycles. The largest absolute Gasteiger partial charge is 0.153 e. The first kappa shape index (κ1) is 8.79. The van der Waals surface area contributed by atoms with Crippen LogP contribution in [0.25, 0.3) is 0 Å². The highest BCUT2D eigenvalue weighted by atomic mass is 32.2. The van der Waals surface area contributed by atoms with Crippen LogP contribution in [0.3, 0.4) is 0 Å². The summed E-state index contributed by atoms with van der Waals surface area (Å²) in [5.74, 6) is 0. The summed E-state index contributed by atoms with van der Waals surface area (Å²) in [6.07, 6.45) is 0. The van der Waals surface area contributed by atoms with Gasteiger partial charge >= 0.3 is 0 Å². The van der Waals surface area contributed by atoms with E-state index in [0.29, 0.717) is 0 Å². The molecule has 60 valence electrons. The summed E-state index contributed by atoms with van der Waals surface area (Å²) in [5.41, 5.74) is 0. The maximum Gasteiger partial charge on any atom is 0.0138 e. The molecule has 4 unspecified atom stereocenters. The van der Waals surface area contributed by atoms with Crippen molar-refractivity contribution in [2.75, 3.05) is 0 Å². The van der Waals surface area contributed by atoms with E-state index in [1.807, 2.05) is 0 Å². The molecule has 1 aliphatic heterocycles. The molecule has 0 nitrogen and oxygen atoms in total. The Kier molecular flexibility index (Phi) is 2.99. The second-order valence-corrected chi connectivity index (χ2v) is 6.61. The zero-order chi connectivity index (χ0) is 7.72. The van der Waals surface area contributed by atoms with Gasteiger partial charge in [0.1, 0.15) is 0 Å². The molecule has 1 rings (SSSR count). The normalized spacial score (nSPS) is 49.2. The third-order valence-corrected chi connectivity index (χ3v) is 5.88. The van der Waals surface area contributed by atoms with Gasteiger partial charge < -0.3 is 0 Å². The molecule has 1 aliphatic rings. The third kappa shape index (κ3) is 1.85. The van der Waals surface area contributed by atoms with Crippen molar-refractivity contribution in [2.45, 2.75) is 48.7 Å². The van der Waals surface area contributed by atoms with E-state index in [9.17, 15) is 0 Å². The van der Waals surface area contributed by atoms with Gasteiger partial charge in [-0.3, -0.25) is 0 Å². The lowest BCUT2D eigenvalue weighted by Gasteiger charge is -2.34. The van der Waals surface area contributed by atoms with E-state index < -0.39 is 0 Å². The maximum absolute atomic E-state index is 2.34. The number of hydrogen-bond acceptors (Lipinski definition) is 2. The second-order valence-electron chi connectivity index (χ2n) is 3.09. The van der Waals surface area contributed by atoms with Gasteiger partial charge in [-0.1, -0.05) is 27.7 Å². The Labute approximate surface area is 72.5 Å². The summed E-state index contributed by atoms with van der Waals surface area (Å²) in [4.78, 5) is 0. The van der Waals surface area contributed by atoms with E-state index in [-0.39, 0.29) is 0 Å². The molecule has 0 aromatic rings. The zero-order valence-electron chi connectivity index (χ0n) is 7.13. The summed E-state index contributed by atoms with van der Waals surface area (Å²) < 4.78 is 0. The molecular formula is C8H16S2. The average Bonchev–Trinajstić information content (AvgIpc) is 1.84. The zero-order valence-corrected chi connectivity index (χ0v) is 8.76. The standard InChI is InChI=1S/C8H16S2/c1-5-6(2)10-8(4)7(3)9-5/h5-8H,1-4H3. The molecule has 4 atom stereocenters. The van der Waals surface area contributed by atoms with E-state index in [2.05, 4.69) is 51.2 Å². The monoisotopic (exact) mass is 176 g/mol. The fourth-order valence-corrected chi connectivity index (χ4v) is 4.13. The lowest BCUT2D eigenvalue weighted by atomic mass is 10.3. The summed E-state index contributed by atoms with van der Waals surface area (Å²) in [6.45, 7) is 9.35. The van der Waals surface area contributed by atoms with Crippen molar-refractivity contribution in [3.05, 3.63) is 0 Å². The van der Waals surface area contributed by atoms with Gasteiger partial charge in [-0.05, 0) is 0 Å². The molecule has 1 saturated heterocycles. The van der Waals surface area contributed by atoms with E-state index in [0.717, 1.165) is 21.0 Å². The Balaban J connectivity index is 2.46. The van der Waals surface area contributed by atoms with Crippen LogP contribution in [-0.2, 0) is 0 Å². The van der Waals surface area contributed by atoms with Crippen LogP contribution in [0.4, 0.5) is 0 Å². The van der Waals surface area contributed by atoms with Crippen LogP contribution in [0.2, 0.25) is 0 Å². The van der Waals surface area contributed by atoms with Crippen LogP contribution in [0.15, 0.2) is 0 Å². The summed E-state index contributed by atoms with van der Waals surface area (Å²) >= 11 is 4.27. The Hall–Kier alpha value is 0.700. The fraction of sp³-hybridized carbons (Fsp3) is 1.00. The summed E-state index contributed by atoms with van der Waals surface area (Å²) in [6, 6.07) is 0. The topological polar surface area (TPSA) is 0 Å². The van der Waals surface area contributed by atoms with Gasteiger partial charge in [0, 0.05) is 21.0 Å². The third-order valence-electron chi connectivity index (χ3n) is 2.18. The van der Waals surface area contributed by atoms with Crippen LogP contribution in [0, 0.1) is 0 Å². The van der Waals surface area contributed by atoms with Crippen LogP contribution >= 0.6 is 23.5 Å². The first-order valence-electron chi connectivity index (χ1n) is 3.92. The predicted octanol–water partition coefficient (Wildman–Crippen LogP) is 3.02. The molecule has 0 saturated carbocycles. The minimum atomic E-state index is 0.844. The molecular weight excluding hydrogens is 160 g/mol. The quantitative estimate of drug-likeness (QED) is 0.556. The minimum Gasteiger partial charge on any atom is -0.153 e. The van der Waals surface area contributed by atoms with Gasteiger partial charge in [-0.15, -0.1) is 0 Å². The highest BCUT2D eigenvalue weighted by molar-refractivity contribution is 8.07. The SMILES string of the molecule is CC1SC(C)C(C)SC1C. The Bertz CT molecular complexity index is 87.8. The van der Waals surface area contributed by atoms with Crippen molar-refractivity contribution in [3.8, 4) is 0 Å². The van der Waals surface area contributed by atoms with Crippen molar-refractivity contribution < 1.29 is 0 Å². The average molecular weight is 176 g/mol. The molecule has 0 spiro atoms. The van der Waals surface area contributed by atoms with Gasteiger partial charge in [-0.25, -0.2) is 0 Å². The first-order chi connectivity index (χ1) is 4.61. The smallest absolute Gasteiger partial charge is 0.0138 e. The number of rotatable bonds is 0. The van der Waals surface area contributed by atoms with Gasteiger partial charge in [0.2, 0.25) is 0 Å². The van der Waals surface area contributed by atoms with Crippen LogP contribution in [-0.4, -0.2) is 21.0 Å². The maximum atomic E-state index is 2.34. The minimum absolute atomic E-state index is 0.844. The molecule has 0 N–H and O–H groups in total. The van der Waals surface area contributed by atoms with Crippen molar-refractivity contribution >= 4 is 23.5 Å². The molecule has 0 bridgehead atoms. The van der Waals surface area contributed by atoms with Gasteiger partial charge in [-0.2, -0.15) is 23.5 Å². The summed E-state index contributed by atoms with van der Waals surface area (Å²) in [7, 11) is 0. The summed E-state index contributed by atoms with van der Waals surface area (Å²) in [5, 5.41) is 3.37. The molecule has 0 aliphatic carbocycles. The van der Waals surface area contributed by atoms with Crippen LogP contribution in [0.1, 0.15) is 27.7 Å². The molecule has 0 amide bonds.